The summed E-state index contributed by atoms with van der Waals surface area (Å²) in [5.74, 6) is 1.82. The van der Waals surface area contributed by atoms with Gasteiger partial charge >= 0.3 is 0 Å². The van der Waals surface area contributed by atoms with Gasteiger partial charge in [0.2, 0.25) is 10.0 Å². The van der Waals surface area contributed by atoms with Crippen LogP contribution >= 0.6 is 35.7 Å². The molecule has 6 nitrogen and oxygen atoms in total. The molecule has 0 aromatic heterocycles. The predicted molar refractivity (Wildman–Crippen MR) is 128 cm³/mol. The van der Waals surface area contributed by atoms with E-state index < -0.39 is 15.6 Å². The maximum absolute atomic E-state index is 12.7. The fourth-order valence-corrected chi connectivity index (χ4v) is 4.50. The Morgan fingerprint density at radius 1 is 1.15 bits per heavy atom. The predicted octanol–water partition coefficient (Wildman–Crippen LogP) is 3.19. The number of guanidine groups is 1. The number of benzene rings is 1. The second kappa shape index (κ2) is 12.8. The van der Waals surface area contributed by atoms with E-state index in [0.717, 1.165) is 25.1 Å². The Kier molecular flexibility index (Phi) is 12.6. The molecule has 1 aromatic rings. The number of halogens is 1. The summed E-state index contributed by atoms with van der Waals surface area (Å²) in [6.07, 6.45) is 4.33. The normalized spacial score (nSPS) is 12.4. The lowest BCUT2D eigenvalue weighted by Gasteiger charge is -2.22. The molecular weight excluding hydrogens is 495 g/mol. The van der Waals surface area contributed by atoms with Crippen molar-refractivity contribution in [2.75, 3.05) is 25.6 Å². The van der Waals surface area contributed by atoms with Gasteiger partial charge in [0.15, 0.2) is 5.96 Å². The molecule has 0 heterocycles. The van der Waals surface area contributed by atoms with Gasteiger partial charge in [-0.3, -0.25) is 4.99 Å². The van der Waals surface area contributed by atoms with Crippen LogP contribution in [0.25, 0.3) is 0 Å². The molecule has 0 unspecified atom stereocenters. The first-order valence-corrected chi connectivity index (χ1v) is 11.6. The monoisotopic (exact) mass is 528 g/mol. The molecule has 0 atom stereocenters. The first-order valence-electron chi connectivity index (χ1n) is 8.75. The molecule has 156 valence electrons. The molecule has 0 saturated heterocycles. The summed E-state index contributed by atoms with van der Waals surface area (Å²) < 4.78 is 28.0. The van der Waals surface area contributed by atoms with E-state index in [0.29, 0.717) is 18.1 Å². The van der Waals surface area contributed by atoms with Gasteiger partial charge in [0, 0.05) is 25.7 Å². The molecule has 1 rings (SSSR count). The Morgan fingerprint density at radius 3 is 2.41 bits per heavy atom. The molecule has 0 radical (unpaired) electrons. The van der Waals surface area contributed by atoms with Crippen LogP contribution in [0.2, 0.25) is 0 Å². The van der Waals surface area contributed by atoms with Crippen molar-refractivity contribution in [2.24, 2.45) is 4.99 Å². The van der Waals surface area contributed by atoms with Crippen LogP contribution in [0.15, 0.2) is 34.2 Å². The van der Waals surface area contributed by atoms with Crippen LogP contribution in [0.5, 0.6) is 0 Å². The van der Waals surface area contributed by atoms with Gasteiger partial charge in [-0.05, 0) is 57.3 Å². The summed E-state index contributed by atoms with van der Waals surface area (Å²) in [7, 11) is -1.87. The largest absolute Gasteiger partial charge is 0.356 e. The van der Waals surface area contributed by atoms with E-state index in [1.165, 1.54) is 0 Å². The number of rotatable bonds is 9. The molecule has 0 aliphatic heterocycles. The van der Waals surface area contributed by atoms with E-state index in [2.05, 4.69) is 26.6 Å². The van der Waals surface area contributed by atoms with Crippen molar-refractivity contribution in [3.63, 3.8) is 0 Å². The highest BCUT2D eigenvalue weighted by Crippen LogP contribution is 2.17. The van der Waals surface area contributed by atoms with Crippen LogP contribution in [-0.2, 0) is 16.6 Å². The molecule has 0 bridgehead atoms. The average Bonchev–Trinajstić information content (AvgIpc) is 2.55. The zero-order valence-electron chi connectivity index (χ0n) is 16.8. The lowest BCUT2D eigenvalue weighted by molar-refractivity contribution is 0.491. The van der Waals surface area contributed by atoms with Gasteiger partial charge in [-0.1, -0.05) is 18.2 Å². The quantitative estimate of drug-likeness (QED) is 0.199. The van der Waals surface area contributed by atoms with Crippen molar-refractivity contribution in [1.82, 2.24) is 15.4 Å². The van der Waals surface area contributed by atoms with Crippen molar-refractivity contribution < 1.29 is 8.42 Å². The van der Waals surface area contributed by atoms with Crippen LogP contribution in [0, 0.1) is 0 Å². The van der Waals surface area contributed by atoms with Crippen LogP contribution in [-0.4, -0.2) is 45.5 Å². The van der Waals surface area contributed by atoms with Gasteiger partial charge in [-0.2, -0.15) is 11.8 Å². The molecule has 0 aliphatic carbocycles. The fourth-order valence-electron chi connectivity index (χ4n) is 2.35. The lowest BCUT2D eigenvalue weighted by atomic mass is 10.1. The molecular formula is C18H33IN4O2S2. The van der Waals surface area contributed by atoms with Gasteiger partial charge in [0.05, 0.1) is 4.90 Å². The Morgan fingerprint density at radius 2 is 1.81 bits per heavy atom. The summed E-state index contributed by atoms with van der Waals surface area (Å²) in [6.45, 7) is 6.70. The van der Waals surface area contributed by atoms with Crippen molar-refractivity contribution in [3.8, 4) is 0 Å². The number of sulfonamides is 1. The topological polar surface area (TPSA) is 82.6 Å². The van der Waals surface area contributed by atoms with E-state index in [9.17, 15) is 8.42 Å². The summed E-state index contributed by atoms with van der Waals surface area (Å²) in [5, 5.41) is 6.45. The number of hydrogen-bond acceptors (Lipinski definition) is 4. The molecule has 0 amide bonds. The molecule has 27 heavy (non-hydrogen) atoms. The summed E-state index contributed by atoms with van der Waals surface area (Å²) in [6, 6.07) is 7.02. The number of aliphatic imine (C=N–C) groups is 1. The zero-order valence-corrected chi connectivity index (χ0v) is 20.8. The molecule has 9 heteroatoms. The second-order valence-corrected chi connectivity index (χ2v) is 9.65. The third-order valence-electron chi connectivity index (χ3n) is 3.44. The molecule has 0 saturated carbocycles. The number of nitrogens with zero attached hydrogens (tertiary/aromatic N) is 1. The summed E-state index contributed by atoms with van der Waals surface area (Å²) >= 11 is 1.84. The van der Waals surface area contributed by atoms with Crippen molar-refractivity contribution >= 4 is 51.7 Å². The smallest absolute Gasteiger partial charge is 0.241 e. The molecule has 0 fully saturated rings. The third kappa shape index (κ3) is 10.6. The first-order chi connectivity index (χ1) is 12.2. The van der Waals surface area contributed by atoms with E-state index in [-0.39, 0.29) is 28.9 Å². The summed E-state index contributed by atoms with van der Waals surface area (Å²) in [4.78, 5) is 4.49. The van der Waals surface area contributed by atoms with Gasteiger partial charge in [-0.25, -0.2) is 13.1 Å². The standard InChI is InChI=1S/C18H32N4O2S2.HI/c1-18(2,3)22-26(23,24)16-11-7-6-10-15(16)14-21-17(19-4)20-12-8-9-13-25-5;/h6-7,10-11,22H,8-9,12-14H2,1-5H3,(H2,19,20,21);1H. The van der Waals surface area contributed by atoms with Gasteiger partial charge in [0.25, 0.3) is 0 Å². The van der Waals surface area contributed by atoms with Crippen LogP contribution < -0.4 is 15.4 Å². The van der Waals surface area contributed by atoms with Gasteiger partial charge in [-0.15, -0.1) is 24.0 Å². The highest BCUT2D eigenvalue weighted by molar-refractivity contribution is 14.0. The molecule has 3 N–H and O–H groups in total. The highest BCUT2D eigenvalue weighted by atomic mass is 127. The summed E-state index contributed by atoms with van der Waals surface area (Å²) in [5.41, 5.74) is 0.169. The maximum atomic E-state index is 12.7. The Hall–Kier alpha value is -0.520. The minimum Gasteiger partial charge on any atom is -0.356 e. The number of nitrogens with one attached hydrogen (secondary N) is 3. The lowest BCUT2D eigenvalue weighted by Crippen LogP contribution is -2.41. The minimum atomic E-state index is -3.58. The van der Waals surface area contributed by atoms with Gasteiger partial charge < -0.3 is 10.6 Å². The van der Waals surface area contributed by atoms with E-state index >= 15 is 0 Å². The first kappa shape index (κ1) is 26.5. The third-order valence-corrected chi connectivity index (χ3v) is 6.00. The van der Waals surface area contributed by atoms with Crippen molar-refractivity contribution in [3.05, 3.63) is 29.8 Å². The number of thioether (sulfide) groups is 1. The van der Waals surface area contributed by atoms with Crippen molar-refractivity contribution in [1.29, 1.82) is 0 Å². The average molecular weight is 529 g/mol. The molecule has 0 spiro atoms. The Bertz CT molecular complexity index is 689. The second-order valence-electron chi connectivity index (χ2n) is 7.02. The molecule has 1 aromatic carbocycles. The zero-order chi connectivity index (χ0) is 19.6. The number of hydrogen-bond donors (Lipinski definition) is 3. The van der Waals surface area contributed by atoms with Gasteiger partial charge in [0.1, 0.15) is 0 Å². The minimum absolute atomic E-state index is 0. The van der Waals surface area contributed by atoms with E-state index in [1.807, 2.05) is 44.7 Å². The number of unbranched alkanes of at least 4 members (excludes halogenated alkanes) is 1. The fraction of sp³-hybridized carbons (Fsp3) is 0.611. The van der Waals surface area contributed by atoms with E-state index in [1.54, 1.807) is 19.2 Å². The SMILES string of the molecule is CN=C(NCCCCSC)NCc1ccccc1S(=O)(=O)NC(C)(C)C.I. The van der Waals surface area contributed by atoms with Crippen molar-refractivity contribution in [2.45, 2.75) is 50.6 Å². The Balaban J connectivity index is 0.00000676. The molecule has 0 aliphatic rings. The maximum Gasteiger partial charge on any atom is 0.241 e. The Labute approximate surface area is 185 Å². The highest BCUT2D eigenvalue weighted by Gasteiger charge is 2.24. The van der Waals surface area contributed by atoms with Crippen LogP contribution in [0.3, 0.4) is 0 Å². The van der Waals surface area contributed by atoms with E-state index in [4.69, 9.17) is 0 Å². The van der Waals surface area contributed by atoms with Crippen LogP contribution in [0.4, 0.5) is 0 Å². The van der Waals surface area contributed by atoms with Crippen LogP contribution in [0.1, 0.15) is 39.2 Å².